The van der Waals surface area contributed by atoms with Crippen molar-refractivity contribution in [2.24, 2.45) is 10.7 Å². The maximum Gasteiger partial charge on any atom is 0.257 e. The van der Waals surface area contributed by atoms with E-state index < -0.39 is 13.0 Å². The molecule has 0 unspecified atom stereocenters. The number of aliphatic hydroxyl groups excluding tert-OH is 1. The SMILES string of the molecule is NC=CC(CO)=NCC(F)F. The lowest BCUT2D eigenvalue weighted by molar-refractivity contribution is 0.158. The van der Waals surface area contributed by atoms with E-state index in [-0.39, 0.29) is 12.3 Å². The molecule has 11 heavy (non-hydrogen) atoms. The number of nitrogens with zero attached hydrogens (tertiary/aromatic N) is 1. The molecule has 64 valence electrons. The smallest absolute Gasteiger partial charge is 0.257 e. The van der Waals surface area contributed by atoms with Crippen molar-refractivity contribution in [3.63, 3.8) is 0 Å². The molecule has 0 aliphatic rings. The summed E-state index contributed by atoms with van der Waals surface area (Å²) in [6.07, 6.45) is -0.0640. The fourth-order valence-electron chi connectivity index (χ4n) is 0.453. The molecular formula is C6H10F2N2O. The second-order valence-corrected chi connectivity index (χ2v) is 1.74. The van der Waals surface area contributed by atoms with E-state index in [1.165, 1.54) is 6.08 Å². The van der Waals surface area contributed by atoms with Crippen LogP contribution in [0.2, 0.25) is 0 Å². The molecule has 0 rings (SSSR count). The third kappa shape index (κ3) is 5.47. The lowest BCUT2D eigenvalue weighted by Crippen LogP contribution is -2.05. The Balaban J connectivity index is 3.90. The number of aliphatic imine (C=N–C) groups is 1. The van der Waals surface area contributed by atoms with Crippen LogP contribution in [0.25, 0.3) is 0 Å². The maximum atomic E-state index is 11.5. The van der Waals surface area contributed by atoms with Gasteiger partial charge in [-0.25, -0.2) is 8.78 Å². The Hall–Kier alpha value is -0.970. The van der Waals surface area contributed by atoms with Crippen molar-refractivity contribution in [1.29, 1.82) is 0 Å². The summed E-state index contributed by atoms with van der Waals surface area (Å²) in [7, 11) is 0. The Morgan fingerprint density at radius 2 is 2.27 bits per heavy atom. The monoisotopic (exact) mass is 164 g/mol. The second-order valence-electron chi connectivity index (χ2n) is 1.74. The molecule has 0 aliphatic carbocycles. The lowest BCUT2D eigenvalue weighted by Gasteiger charge is -1.95. The largest absolute Gasteiger partial charge is 0.405 e. The maximum absolute atomic E-state index is 11.5. The highest BCUT2D eigenvalue weighted by molar-refractivity contribution is 5.95. The number of nitrogens with two attached hydrogens (primary N) is 1. The Bertz CT molecular complexity index is 157. The van der Waals surface area contributed by atoms with Crippen molar-refractivity contribution in [2.75, 3.05) is 13.2 Å². The van der Waals surface area contributed by atoms with Crippen LogP contribution in [0.15, 0.2) is 17.3 Å². The van der Waals surface area contributed by atoms with Gasteiger partial charge in [0.05, 0.1) is 12.3 Å². The molecule has 0 bridgehead atoms. The third-order valence-corrected chi connectivity index (χ3v) is 0.883. The number of rotatable bonds is 4. The molecule has 0 radical (unpaired) electrons. The van der Waals surface area contributed by atoms with E-state index in [1.54, 1.807) is 0 Å². The van der Waals surface area contributed by atoms with Crippen LogP contribution in [0, 0.1) is 0 Å². The van der Waals surface area contributed by atoms with Gasteiger partial charge in [0.25, 0.3) is 6.43 Å². The third-order valence-electron chi connectivity index (χ3n) is 0.883. The first-order valence-electron chi connectivity index (χ1n) is 3.01. The Morgan fingerprint density at radius 3 is 2.64 bits per heavy atom. The minimum atomic E-state index is -2.48. The van der Waals surface area contributed by atoms with Crippen LogP contribution in [0.5, 0.6) is 0 Å². The van der Waals surface area contributed by atoms with Crippen LogP contribution >= 0.6 is 0 Å². The zero-order chi connectivity index (χ0) is 8.69. The van der Waals surface area contributed by atoms with Crippen LogP contribution in [0.4, 0.5) is 8.78 Å². The van der Waals surface area contributed by atoms with Crippen molar-refractivity contribution in [3.8, 4) is 0 Å². The van der Waals surface area contributed by atoms with Crippen molar-refractivity contribution >= 4 is 5.71 Å². The summed E-state index contributed by atoms with van der Waals surface area (Å²) in [5, 5.41) is 8.49. The molecule has 0 aromatic carbocycles. The Kier molecular flexibility index (Phi) is 5.28. The van der Waals surface area contributed by atoms with E-state index in [4.69, 9.17) is 10.8 Å². The Morgan fingerprint density at radius 1 is 1.64 bits per heavy atom. The van der Waals surface area contributed by atoms with Gasteiger partial charge in [0.2, 0.25) is 0 Å². The molecule has 0 aliphatic heterocycles. The van der Waals surface area contributed by atoms with Gasteiger partial charge in [-0.15, -0.1) is 0 Å². The average molecular weight is 164 g/mol. The molecule has 0 amide bonds. The topological polar surface area (TPSA) is 58.6 Å². The fourth-order valence-corrected chi connectivity index (χ4v) is 0.453. The van der Waals surface area contributed by atoms with Gasteiger partial charge >= 0.3 is 0 Å². The van der Waals surface area contributed by atoms with Crippen molar-refractivity contribution < 1.29 is 13.9 Å². The minimum Gasteiger partial charge on any atom is -0.405 e. The summed E-state index contributed by atoms with van der Waals surface area (Å²) in [6.45, 7) is -0.972. The number of hydrogen-bond acceptors (Lipinski definition) is 3. The molecular weight excluding hydrogens is 154 g/mol. The summed E-state index contributed by atoms with van der Waals surface area (Å²) < 4.78 is 23.1. The highest BCUT2D eigenvalue weighted by Crippen LogP contribution is 1.92. The summed E-state index contributed by atoms with van der Waals surface area (Å²) in [5.41, 5.74) is 5.11. The molecule has 0 atom stereocenters. The summed E-state index contributed by atoms with van der Waals surface area (Å²) in [5.74, 6) is 0. The van der Waals surface area contributed by atoms with Gasteiger partial charge in [-0.3, -0.25) is 4.99 Å². The molecule has 0 fully saturated rings. The van der Waals surface area contributed by atoms with Crippen LogP contribution in [0.3, 0.4) is 0 Å². The molecule has 0 aromatic rings. The summed E-state index contributed by atoms with van der Waals surface area (Å²) >= 11 is 0. The Labute approximate surface area is 63.2 Å². The van der Waals surface area contributed by atoms with E-state index >= 15 is 0 Å². The predicted octanol–water partition coefficient (Wildman–Crippen LogP) is 0.157. The van der Waals surface area contributed by atoms with Crippen LogP contribution in [-0.4, -0.2) is 30.4 Å². The van der Waals surface area contributed by atoms with Crippen LogP contribution in [-0.2, 0) is 0 Å². The molecule has 0 saturated carbocycles. The molecule has 0 saturated heterocycles. The molecule has 3 N–H and O–H groups in total. The van der Waals surface area contributed by atoms with Crippen LogP contribution in [0.1, 0.15) is 0 Å². The van der Waals surface area contributed by atoms with Crippen LogP contribution < -0.4 is 5.73 Å². The first kappa shape index (κ1) is 10.0. The van der Waals surface area contributed by atoms with E-state index in [0.717, 1.165) is 6.20 Å². The first-order chi connectivity index (χ1) is 5.20. The average Bonchev–Trinajstić information content (AvgIpc) is 1.97. The number of alkyl halides is 2. The molecule has 5 heteroatoms. The lowest BCUT2D eigenvalue weighted by atomic mass is 10.4. The van der Waals surface area contributed by atoms with Crippen molar-refractivity contribution in [3.05, 3.63) is 12.3 Å². The molecule has 0 heterocycles. The van der Waals surface area contributed by atoms with Gasteiger partial charge in [-0.2, -0.15) is 0 Å². The molecule has 3 nitrogen and oxygen atoms in total. The highest BCUT2D eigenvalue weighted by Gasteiger charge is 1.99. The highest BCUT2D eigenvalue weighted by atomic mass is 19.3. The van der Waals surface area contributed by atoms with E-state index in [0.29, 0.717) is 0 Å². The fraction of sp³-hybridized carbons (Fsp3) is 0.500. The quantitative estimate of drug-likeness (QED) is 0.581. The zero-order valence-corrected chi connectivity index (χ0v) is 5.87. The summed E-state index contributed by atoms with van der Waals surface area (Å²) in [4.78, 5) is 3.38. The first-order valence-corrected chi connectivity index (χ1v) is 3.01. The van der Waals surface area contributed by atoms with Gasteiger partial charge in [0, 0.05) is 0 Å². The van der Waals surface area contributed by atoms with Gasteiger partial charge in [-0.05, 0) is 12.3 Å². The van der Waals surface area contributed by atoms with Gasteiger partial charge in [0.15, 0.2) is 0 Å². The van der Waals surface area contributed by atoms with Gasteiger partial charge in [-0.1, -0.05) is 0 Å². The molecule has 0 spiro atoms. The number of halogens is 2. The predicted molar refractivity (Wildman–Crippen MR) is 38.7 cm³/mol. The zero-order valence-electron chi connectivity index (χ0n) is 5.87. The van der Waals surface area contributed by atoms with Crippen molar-refractivity contribution in [1.82, 2.24) is 0 Å². The second kappa shape index (κ2) is 5.79. The summed E-state index contributed by atoms with van der Waals surface area (Å²) in [6, 6.07) is 0. The van der Waals surface area contributed by atoms with Gasteiger partial charge < -0.3 is 10.8 Å². The normalized spacial score (nSPS) is 13.3. The van der Waals surface area contributed by atoms with Crippen molar-refractivity contribution in [2.45, 2.75) is 6.43 Å². The number of aliphatic hydroxyl groups is 1. The van der Waals surface area contributed by atoms with E-state index in [9.17, 15) is 8.78 Å². The number of hydrogen-bond donors (Lipinski definition) is 2. The minimum absolute atomic E-state index is 0.160. The van der Waals surface area contributed by atoms with E-state index in [1.807, 2.05) is 0 Å². The van der Waals surface area contributed by atoms with E-state index in [2.05, 4.69) is 4.99 Å². The van der Waals surface area contributed by atoms with Gasteiger partial charge in [0.1, 0.15) is 6.54 Å². The molecule has 0 aromatic heterocycles. The standard InChI is InChI=1S/C6H10F2N2O/c7-6(8)3-10-5(4-11)1-2-9/h1-2,6,11H,3-4,9H2.